The van der Waals surface area contributed by atoms with Crippen LogP contribution in [0.2, 0.25) is 0 Å². The Morgan fingerprint density at radius 3 is 2.72 bits per heavy atom. The molecule has 0 bridgehead atoms. The number of amides is 1. The molecule has 0 radical (unpaired) electrons. The summed E-state index contributed by atoms with van der Waals surface area (Å²) in [7, 11) is 3.84. The molecule has 1 aromatic carbocycles. The smallest absolute Gasteiger partial charge is 0.336 e. The number of pyridine rings is 1. The first kappa shape index (κ1) is 33.4. The molecule has 1 saturated heterocycles. The van der Waals surface area contributed by atoms with Gasteiger partial charge < -0.3 is 24.5 Å². The van der Waals surface area contributed by atoms with Crippen molar-refractivity contribution in [1.82, 2.24) is 9.88 Å². The molecule has 1 amide bonds. The second-order valence-corrected chi connectivity index (χ2v) is 17.5. The van der Waals surface area contributed by atoms with Crippen LogP contribution in [0.4, 0.5) is 5.82 Å². The van der Waals surface area contributed by atoms with Gasteiger partial charge in [0.1, 0.15) is 17.2 Å². The highest BCUT2D eigenvalue weighted by molar-refractivity contribution is 8.77. The van der Waals surface area contributed by atoms with Gasteiger partial charge >= 0.3 is 11.6 Å². The Bertz CT molecular complexity index is 2020. The molecule has 11 heteroatoms. The molecule has 2 spiro atoms. The summed E-state index contributed by atoms with van der Waals surface area (Å²) in [5, 5.41) is 0.783. The van der Waals surface area contributed by atoms with Crippen LogP contribution in [-0.4, -0.2) is 56.0 Å². The third-order valence-corrected chi connectivity index (χ3v) is 15.2. The minimum absolute atomic E-state index is 0.0266. The first-order chi connectivity index (χ1) is 24.0. The number of rotatable bonds is 2. The van der Waals surface area contributed by atoms with Crippen LogP contribution >= 0.6 is 21.6 Å². The third kappa shape index (κ3) is 5.38. The lowest BCUT2D eigenvalue weighted by atomic mass is 9.61. The summed E-state index contributed by atoms with van der Waals surface area (Å²) in [5.74, 6) is 0.923. The summed E-state index contributed by atoms with van der Waals surface area (Å²) in [4.78, 5) is 46.7. The zero-order chi connectivity index (χ0) is 34.8. The van der Waals surface area contributed by atoms with Crippen LogP contribution < -0.4 is 16.1 Å². The van der Waals surface area contributed by atoms with Crippen LogP contribution in [0, 0.1) is 0 Å². The number of hydrogen-bond acceptors (Lipinski definition) is 10. The van der Waals surface area contributed by atoms with Crippen LogP contribution in [0.25, 0.3) is 11.0 Å². The van der Waals surface area contributed by atoms with E-state index >= 15 is 0 Å². The van der Waals surface area contributed by atoms with E-state index in [1.807, 2.05) is 47.6 Å². The van der Waals surface area contributed by atoms with Crippen molar-refractivity contribution >= 4 is 50.3 Å². The van der Waals surface area contributed by atoms with E-state index in [2.05, 4.69) is 16.0 Å². The Kier molecular flexibility index (Phi) is 8.37. The number of anilines is 1. The highest BCUT2D eigenvalue weighted by Crippen LogP contribution is 2.60. The van der Waals surface area contributed by atoms with Gasteiger partial charge in [0.2, 0.25) is 5.91 Å². The monoisotopic (exact) mass is 713 g/mol. The molecule has 1 saturated carbocycles. The predicted molar refractivity (Wildman–Crippen MR) is 197 cm³/mol. The number of esters is 1. The van der Waals surface area contributed by atoms with E-state index in [0.29, 0.717) is 35.6 Å². The molecule has 5 aliphatic rings. The van der Waals surface area contributed by atoms with Crippen molar-refractivity contribution in [2.45, 2.75) is 106 Å². The predicted octanol–water partition coefficient (Wildman–Crippen LogP) is 7.07. The van der Waals surface area contributed by atoms with Crippen LogP contribution in [0.15, 0.2) is 69.0 Å². The largest absolute Gasteiger partial charge is 0.481 e. The zero-order valence-electron chi connectivity index (χ0n) is 28.8. The minimum Gasteiger partial charge on any atom is -0.481 e. The lowest BCUT2D eigenvalue weighted by Crippen LogP contribution is -2.64. The van der Waals surface area contributed by atoms with E-state index in [9.17, 15) is 14.4 Å². The Balaban J connectivity index is 1.31. The van der Waals surface area contributed by atoms with Gasteiger partial charge in [0.05, 0.1) is 12.3 Å². The molecule has 2 aliphatic carbocycles. The van der Waals surface area contributed by atoms with Crippen molar-refractivity contribution < 1.29 is 23.5 Å². The van der Waals surface area contributed by atoms with Gasteiger partial charge in [0.25, 0.3) is 0 Å². The van der Waals surface area contributed by atoms with Gasteiger partial charge in [0.15, 0.2) is 11.2 Å². The first-order valence-electron chi connectivity index (χ1n) is 17.7. The SMILES string of the molecule is CC=C(C)C(=O)OC1(C)CC=C2CSSC3(CCCCC3)C3CCN3C(=O)Cc3cnc(N)cc3C2C12Cc1cc3ccc(=O)oc3cc1O2. The summed E-state index contributed by atoms with van der Waals surface area (Å²) in [6, 6.07) is 9.08. The molecule has 3 aliphatic heterocycles. The van der Waals surface area contributed by atoms with Gasteiger partial charge in [-0.15, -0.1) is 0 Å². The summed E-state index contributed by atoms with van der Waals surface area (Å²) in [6.07, 6.45) is 13.6. The van der Waals surface area contributed by atoms with Crippen LogP contribution in [-0.2, 0) is 27.2 Å². The molecule has 9 nitrogen and oxygen atoms in total. The Morgan fingerprint density at radius 1 is 1.14 bits per heavy atom. The van der Waals surface area contributed by atoms with Crippen molar-refractivity contribution in [3.8, 4) is 5.75 Å². The molecule has 8 rings (SSSR count). The number of nitrogen functional groups attached to an aromatic ring is 1. The van der Waals surface area contributed by atoms with Gasteiger partial charge in [-0.05, 0) is 74.9 Å². The number of hydrogen-bond donors (Lipinski definition) is 1. The minimum atomic E-state index is -1.13. The number of carbonyl (C=O) groups is 2. The fourth-order valence-electron chi connectivity index (χ4n) is 8.96. The second kappa shape index (κ2) is 12.5. The molecule has 2 fully saturated rings. The Labute approximate surface area is 299 Å². The van der Waals surface area contributed by atoms with Crippen LogP contribution in [0.3, 0.4) is 0 Å². The average molecular weight is 714 g/mol. The quantitative estimate of drug-likeness (QED) is 0.0970. The molecule has 4 atom stereocenters. The molecule has 262 valence electrons. The lowest BCUT2D eigenvalue weighted by Gasteiger charge is -2.54. The van der Waals surface area contributed by atoms with E-state index in [0.717, 1.165) is 59.2 Å². The maximum absolute atomic E-state index is 14.3. The van der Waals surface area contributed by atoms with Gasteiger partial charge in [-0.2, -0.15) is 0 Å². The molecule has 4 unspecified atom stereocenters. The number of nitrogens with zero attached hydrogens (tertiary/aromatic N) is 2. The zero-order valence-corrected chi connectivity index (χ0v) is 30.4. The number of fused-ring (bicyclic) bond motifs is 8. The van der Waals surface area contributed by atoms with Gasteiger partial charge in [-0.25, -0.2) is 14.6 Å². The first-order valence-corrected chi connectivity index (χ1v) is 20.0. The standard InChI is InChI=1S/C39H43N3O6S2/c1-4-23(2)36(45)48-37(3)14-10-25-22-49-50-38(12-6-5-7-13-38)31-11-15-42(31)33(43)17-27-21-41-32(40)18-28(27)35(25)39(37)20-26-16-24-8-9-34(44)46-29(24)19-30(26)47-39/h4,8-10,16,18-19,21,31,35H,5-7,11-15,17,20,22H2,1-3H3,(H2,40,41). The Morgan fingerprint density at radius 2 is 1.96 bits per heavy atom. The summed E-state index contributed by atoms with van der Waals surface area (Å²) < 4.78 is 19.4. The number of nitrogens with two attached hydrogens (primary N) is 1. The number of allylic oxidation sites excluding steroid dienone is 1. The summed E-state index contributed by atoms with van der Waals surface area (Å²) in [5.41, 5.74) is 8.44. The van der Waals surface area contributed by atoms with Crippen LogP contribution in [0.1, 0.15) is 88.3 Å². The van der Waals surface area contributed by atoms with E-state index in [1.165, 1.54) is 25.3 Å². The van der Waals surface area contributed by atoms with Crippen molar-refractivity contribution in [3.63, 3.8) is 0 Å². The van der Waals surface area contributed by atoms with Gasteiger partial charge in [0, 0.05) is 65.2 Å². The maximum atomic E-state index is 14.3. The number of ether oxygens (including phenoxy) is 2. The van der Waals surface area contributed by atoms with Gasteiger partial charge in [-0.1, -0.05) is 58.6 Å². The summed E-state index contributed by atoms with van der Waals surface area (Å²) >= 11 is 0. The van der Waals surface area contributed by atoms with Crippen molar-refractivity contribution in [2.75, 3.05) is 18.0 Å². The number of benzene rings is 1. The number of carbonyl (C=O) groups excluding carboxylic acids is 2. The van der Waals surface area contributed by atoms with Crippen molar-refractivity contribution in [1.29, 1.82) is 0 Å². The van der Waals surface area contributed by atoms with Crippen LogP contribution in [0.5, 0.6) is 5.75 Å². The van der Waals surface area contributed by atoms with Gasteiger partial charge in [-0.3, -0.25) is 4.79 Å². The molecular formula is C39H43N3O6S2. The molecule has 2 aromatic heterocycles. The fraction of sp³-hybridized carbons (Fsp3) is 0.487. The molecule has 50 heavy (non-hydrogen) atoms. The van der Waals surface area contributed by atoms with E-state index in [-0.39, 0.29) is 23.1 Å². The van der Waals surface area contributed by atoms with Crippen molar-refractivity contribution in [2.24, 2.45) is 0 Å². The lowest BCUT2D eigenvalue weighted by molar-refractivity contribution is -0.183. The fourth-order valence-corrected chi connectivity index (χ4v) is 12.6. The van der Waals surface area contributed by atoms with Crippen molar-refractivity contribution in [3.05, 3.63) is 86.9 Å². The molecule has 3 aromatic rings. The van der Waals surface area contributed by atoms with E-state index in [1.54, 1.807) is 31.3 Å². The molecule has 5 heterocycles. The highest BCUT2D eigenvalue weighted by atomic mass is 33.1. The molecule has 2 N–H and O–H groups in total. The second-order valence-electron chi connectivity index (χ2n) is 14.8. The maximum Gasteiger partial charge on any atom is 0.336 e. The topological polar surface area (TPSA) is 125 Å². The van der Waals surface area contributed by atoms with E-state index < -0.39 is 28.7 Å². The summed E-state index contributed by atoms with van der Waals surface area (Å²) in [6.45, 7) is 6.30. The normalized spacial score (nSPS) is 29.0. The highest BCUT2D eigenvalue weighted by Gasteiger charge is 2.64. The van der Waals surface area contributed by atoms with E-state index in [4.69, 9.17) is 19.6 Å². The molecular weight excluding hydrogens is 671 g/mol. The average Bonchev–Trinajstić information content (AvgIpc) is 3.44. The third-order valence-electron chi connectivity index (χ3n) is 11.9. The number of aromatic nitrogens is 1. The Hall–Kier alpha value is -3.70.